The fourth-order valence-electron chi connectivity index (χ4n) is 3.13. The number of nitrogens with one attached hydrogen (secondary N) is 1. The summed E-state index contributed by atoms with van der Waals surface area (Å²) in [6, 6.07) is 3.49. The molecule has 0 saturated carbocycles. The molecule has 10 heteroatoms. The van der Waals surface area contributed by atoms with Crippen LogP contribution in [0.25, 0.3) is 28.5 Å². The number of ether oxygens (including phenoxy) is 1. The summed E-state index contributed by atoms with van der Waals surface area (Å²) >= 11 is 0. The van der Waals surface area contributed by atoms with Gasteiger partial charge in [-0.2, -0.15) is 0 Å². The van der Waals surface area contributed by atoms with Crippen LogP contribution in [0.1, 0.15) is 23.1 Å². The van der Waals surface area contributed by atoms with E-state index in [1.807, 2.05) is 36.6 Å². The van der Waals surface area contributed by atoms with Crippen LogP contribution in [0.2, 0.25) is 0 Å². The zero-order valence-electron chi connectivity index (χ0n) is 16.8. The van der Waals surface area contributed by atoms with Crippen LogP contribution in [0, 0.1) is 6.92 Å². The number of hydrogen-bond donors (Lipinski definition) is 2. The molecule has 154 valence electrons. The summed E-state index contributed by atoms with van der Waals surface area (Å²) in [6.45, 7) is 4.13. The monoisotopic (exact) mass is 407 g/mol. The Bertz CT molecular complexity index is 1200. The van der Waals surface area contributed by atoms with E-state index >= 15 is 0 Å². The van der Waals surface area contributed by atoms with Crippen molar-refractivity contribution in [3.8, 4) is 22.8 Å². The molecule has 0 fully saturated rings. The first-order chi connectivity index (χ1) is 14.5. The fourth-order valence-corrected chi connectivity index (χ4v) is 3.13. The second-order valence-electron chi connectivity index (χ2n) is 6.87. The fraction of sp³-hybridized carbons (Fsp3) is 0.250. The number of fused-ring (bicyclic) bond motifs is 1. The first-order valence-corrected chi connectivity index (χ1v) is 9.29. The van der Waals surface area contributed by atoms with Crippen LogP contribution < -0.4 is 11.1 Å². The summed E-state index contributed by atoms with van der Waals surface area (Å²) in [5, 5.41) is 2.80. The van der Waals surface area contributed by atoms with E-state index in [-0.39, 0.29) is 23.4 Å². The standard InChI is InChI=1S/C20H21N7O3/c1-11(10-29-3)24-19(28)17-18(21)26-16(20-22-6-7-30-20)15(25-17)13-4-5-14-23-8-12(2)27(14)9-13/h4-9,11H,10H2,1-3H3,(H2,21,26)(H,24,28)/t11-/m0/s1. The van der Waals surface area contributed by atoms with Gasteiger partial charge in [0, 0.05) is 36.8 Å². The third-order valence-electron chi connectivity index (χ3n) is 4.53. The van der Waals surface area contributed by atoms with Gasteiger partial charge in [0.25, 0.3) is 5.91 Å². The highest BCUT2D eigenvalue weighted by atomic mass is 16.5. The number of pyridine rings is 1. The SMILES string of the molecule is COC[C@H](C)NC(=O)c1nc(-c2ccc3ncc(C)n3c2)c(-c2ncco2)nc1N. The van der Waals surface area contributed by atoms with Gasteiger partial charge in [0.05, 0.1) is 12.8 Å². The molecule has 4 aromatic rings. The van der Waals surface area contributed by atoms with E-state index in [9.17, 15) is 4.79 Å². The number of imidazole rings is 1. The van der Waals surface area contributed by atoms with Gasteiger partial charge in [0.15, 0.2) is 17.2 Å². The molecule has 4 heterocycles. The molecule has 0 aliphatic heterocycles. The predicted octanol–water partition coefficient (Wildman–Crippen LogP) is 2.10. The Morgan fingerprint density at radius 1 is 1.30 bits per heavy atom. The summed E-state index contributed by atoms with van der Waals surface area (Å²) in [5.74, 6) is -0.204. The van der Waals surface area contributed by atoms with E-state index in [0.717, 1.165) is 11.3 Å². The molecule has 0 saturated heterocycles. The number of aryl methyl sites for hydroxylation is 1. The molecule has 3 N–H and O–H groups in total. The molecule has 30 heavy (non-hydrogen) atoms. The number of methoxy groups -OCH3 is 1. The van der Waals surface area contributed by atoms with Crippen molar-refractivity contribution in [3.63, 3.8) is 0 Å². The van der Waals surface area contributed by atoms with E-state index in [1.54, 1.807) is 13.3 Å². The topological polar surface area (TPSA) is 133 Å². The molecule has 0 unspecified atom stereocenters. The van der Waals surface area contributed by atoms with Crippen molar-refractivity contribution < 1.29 is 13.9 Å². The number of nitrogens with zero attached hydrogens (tertiary/aromatic N) is 5. The predicted molar refractivity (Wildman–Crippen MR) is 110 cm³/mol. The Balaban J connectivity index is 1.85. The van der Waals surface area contributed by atoms with E-state index < -0.39 is 5.91 Å². The minimum absolute atomic E-state index is 0.0192. The molecular weight excluding hydrogens is 386 g/mol. The maximum Gasteiger partial charge on any atom is 0.274 e. The third-order valence-corrected chi connectivity index (χ3v) is 4.53. The number of carbonyl (C=O) groups excluding carboxylic acids is 1. The summed E-state index contributed by atoms with van der Waals surface area (Å²) in [6.07, 6.45) is 6.60. The third kappa shape index (κ3) is 3.60. The largest absolute Gasteiger partial charge is 0.443 e. The van der Waals surface area contributed by atoms with Crippen LogP contribution in [0.4, 0.5) is 5.82 Å². The zero-order chi connectivity index (χ0) is 21.3. The van der Waals surface area contributed by atoms with Gasteiger partial charge in [-0.3, -0.25) is 4.79 Å². The summed E-state index contributed by atoms with van der Waals surface area (Å²) < 4.78 is 12.4. The number of rotatable bonds is 6. The Morgan fingerprint density at radius 3 is 2.87 bits per heavy atom. The maximum atomic E-state index is 12.8. The van der Waals surface area contributed by atoms with Gasteiger partial charge in [-0.1, -0.05) is 0 Å². The Morgan fingerprint density at radius 2 is 2.13 bits per heavy atom. The molecule has 1 atom stereocenters. The molecular formula is C20H21N7O3. The average Bonchev–Trinajstić information content (AvgIpc) is 3.38. The van der Waals surface area contributed by atoms with Gasteiger partial charge in [0.1, 0.15) is 17.6 Å². The van der Waals surface area contributed by atoms with Gasteiger partial charge in [0.2, 0.25) is 5.89 Å². The van der Waals surface area contributed by atoms with Crippen LogP contribution in [-0.4, -0.2) is 50.0 Å². The van der Waals surface area contributed by atoms with Crippen LogP contribution in [0.3, 0.4) is 0 Å². The Kier molecular flexibility index (Phi) is 5.15. The summed E-state index contributed by atoms with van der Waals surface area (Å²) in [7, 11) is 1.56. The molecule has 0 radical (unpaired) electrons. The van der Waals surface area contributed by atoms with Crippen molar-refractivity contribution in [2.75, 3.05) is 19.5 Å². The Labute approximate surface area is 172 Å². The lowest BCUT2D eigenvalue weighted by atomic mass is 10.1. The normalized spacial score (nSPS) is 12.2. The van der Waals surface area contributed by atoms with Crippen LogP contribution in [0.15, 0.2) is 41.4 Å². The lowest BCUT2D eigenvalue weighted by molar-refractivity contribution is 0.0901. The summed E-state index contributed by atoms with van der Waals surface area (Å²) in [4.78, 5) is 30.2. The molecule has 1 amide bonds. The highest BCUT2D eigenvalue weighted by Crippen LogP contribution is 2.30. The highest BCUT2D eigenvalue weighted by Gasteiger charge is 2.23. The maximum absolute atomic E-state index is 12.8. The summed E-state index contributed by atoms with van der Waals surface area (Å²) in [5.41, 5.74) is 9.32. The van der Waals surface area contributed by atoms with Crippen molar-refractivity contribution in [2.24, 2.45) is 0 Å². The van der Waals surface area contributed by atoms with Crippen molar-refractivity contribution >= 4 is 17.4 Å². The number of amides is 1. The van der Waals surface area contributed by atoms with Crippen molar-refractivity contribution in [1.29, 1.82) is 0 Å². The number of aromatic nitrogens is 5. The number of oxazole rings is 1. The molecule has 0 aliphatic carbocycles. The number of nitrogen functional groups attached to an aromatic ring is 1. The molecule has 0 bridgehead atoms. The molecule has 0 aliphatic rings. The van der Waals surface area contributed by atoms with Crippen molar-refractivity contribution in [2.45, 2.75) is 19.9 Å². The van der Waals surface area contributed by atoms with Gasteiger partial charge in [-0.15, -0.1) is 0 Å². The smallest absolute Gasteiger partial charge is 0.274 e. The molecule has 0 spiro atoms. The zero-order valence-corrected chi connectivity index (χ0v) is 16.8. The average molecular weight is 407 g/mol. The number of anilines is 1. The van der Waals surface area contributed by atoms with Crippen molar-refractivity contribution in [1.82, 2.24) is 29.7 Å². The van der Waals surface area contributed by atoms with Crippen LogP contribution in [-0.2, 0) is 4.74 Å². The van der Waals surface area contributed by atoms with E-state index in [1.165, 1.54) is 12.5 Å². The lowest BCUT2D eigenvalue weighted by Crippen LogP contribution is -2.36. The first-order valence-electron chi connectivity index (χ1n) is 9.29. The molecule has 4 aromatic heterocycles. The minimum atomic E-state index is -0.440. The van der Waals surface area contributed by atoms with Crippen LogP contribution in [0.5, 0.6) is 0 Å². The lowest BCUT2D eigenvalue weighted by Gasteiger charge is -2.15. The number of carbonyl (C=O) groups is 1. The second kappa shape index (κ2) is 7.91. The molecule has 10 nitrogen and oxygen atoms in total. The van der Waals surface area contributed by atoms with E-state index in [0.29, 0.717) is 23.6 Å². The quantitative estimate of drug-likeness (QED) is 0.496. The molecule has 4 rings (SSSR count). The van der Waals surface area contributed by atoms with Crippen molar-refractivity contribution in [3.05, 3.63) is 48.4 Å². The van der Waals surface area contributed by atoms with E-state index in [4.69, 9.17) is 14.9 Å². The number of hydrogen-bond acceptors (Lipinski definition) is 8. The van der Waals surface area contributed by atoms with Gasteiger partial charge < -0.3 is 24.6 Å². The van der Waals surface area contributed by atoms with E-state index in [2.05, 4.69) is 25.3 Å². The Hall–Kier alpha value is -3.79. The second-order valence-corrected chi connectivity index (χ2v) is 6.87. The van der Waals surface area contributed by atoms with Crippen LogP contribution >= 0.6 is 0 Å². The first kappa shape index (κ1) is 19.5. The number of nitrogens with two attached hydrogens (primary N) is 1. The minimum Gasteiger partial charge on any atom is -0.443 e. The molecule has 0 aromatic carbocycles. The highest BCUT2D eigenvalue weighted by molar-refractivity contribution is 5.98. The van der Waals surface area contributed by atoms with Gasteiger partial charge in [-0.25, -0.2) is 19.9 Å². The van der Waals surface area contributed by atoms with Gasteiger partial charge in [-0.05, 0) is 26.0 Å². The van der Waals surface area contributed by atoms with Gasteiger partial charge >= 0.3 is 0 Å².